The number of hydrogen-bond acceptors (Lipinski definition) is 5. The summed E-state index contributed by atoms with van der Waals surface area (Å²) in [6.45, 7) is 2.69. The van der Waals surface area contributed by atoms with Crippen molar-refractivity contribution in [2.24, 2.45) is 0 Å². The topological polar surface area (TPSA) is 82.6 Å². The van der Waals surface area contributed by atoms with Crippen molar-refractivity contribution in [3.8, 4) is 0 Å². The SMILES string of the molecule is O=C(c1ccc(S(=O)(=O)Nc2ccccc2)cc1)N1CCN(c2ccncc2)CC1. The predicted octanol–water partition coefficient (Wildman–Crippen LogP) is 2.84. The number of aromatic nitrogens is 1. The van der Waals surface area contributed by atoms with Gasteiger partial charge in [0.15, 0.2) is 0 Å². The van der Waals surface area contributed by atoms with E-state index in [1.54, 1.807) is 53.7 Å². The highest BCUT2D eigenvalue weighted by molar-refractivity contribution is 7.92. The summed E-state index contributed by atoms with van der Waals surface area (Å²) in [5.41, 5.74) is 2.06. The molecule has 2 aromatic carbocycles. The summed E-state index contributed by atoms with van der Waals surface area (Å²) in [6, 6.07) is 18.7. The second kappa shape index (κ2) is 8.54. The van der Waals surface area contributed by atoms with E-state index in [9.17, 15) is 13.2 Å². The summed E-state index contributed by atoms with van der Waals surface area (Å²) >= 11 is 0. The van der Waals surface area contributed by atoms with E-state index in [1.807, 2.05) is 18.2 Å². The molecule has 0 aliphatic carbocycles. The number of nitrogens with zero attached hydrogens (tertiary/aromatic N) is 3. The van der Waals surface area contributed by atoms with Crippen molar-refractivity contribution in [2.45, 2.75) is 4.90 Å². The molecule has 1 saturated heterocycles. The monoisotopic (exact) mass is 422 g/mol. The molecule has 154 valence electrons. The van der Waals surface area contributed by atoms with E-state index in [-0.39, 0.29) is 10.8 Å². The third kappa shape index (κ3) is 4.44. The van der Waals surface area contributed by atoms with Gasteiger partial charge in [-0.05, 0) is 48.5 Å². The highest BCUT2D eigenvalue weighted by Gasteiger charge is 2.23. The van der Waals surface area contributed by atoms with Gasteiger partial charge in [0, 0.05) is 55.5 Å². The third-order valence-corrected chi connectivity index (χ3v) is 6.43. The molecule has 1 fully saturated rings. The maximum atomic E-state index is 12.8. The fourth-order valence-corrected chi connectivity index (χ4v) is 4.46. The van der Waals surface area contributed by atoms with Gasteiger partial charge in [0.05, 0.1) is 4.90 Å². The van der Waals surface area contributed by atoms with Gasteiger partial charge in [-0.25, -0.2) is 8.42 Å². The van der Waals surface area contributed by atoms with E-state index in [2.05, 4.69) is 14.6 Å². The van der Waals surface area contributed by atoms with Crippen LogP contribution in [-0.2, 0) is 10.0 Å². The summed E-state index contributed by atoms with van der Waals surface area (Å²) in [7, 11) is -3.71. The maximum Gasteiger partial charge on any atom is 0.261 e. The Morgan fingerprint density at radius 3 is 2.10 bits per heavy atom. The van der Waals surface area contributed by atoms with Gasteiger partial charge in [-0.1, -0.05) is 18.2 Å². The largest absolute Gasteiger partial charge is 0.368 e. The third-order valence-electron chi connectivity index (χ3n) is 5.03. The number of pyridine rings is 1. The van der Waals surface area contributed by atoms with Crippen LogP contribution in [0.1, 0.15) is 10.4 Å². The Kier molecular flexibility index (Phi) is 5.67. The molecular formula is C22H22N4O3S. The van der Waals surface area contributed by atoms with Crippen LogP contribution in [0.2, 0.25) is 0 Å². The van der Waals surface area contributed by atoms with Crippen LogP contribution in [0.3, 0.4) is 0 Å². The van der Waals surface area contributed by atoms with Crippen molar-refractivity contribution in [3.05, 3.63) is 84.7 Å². The zero-order valence-corrected chi connectivity index (χ0v) is 17.1. The van der Waals surface area contributed by atoms with Crippen molar-refractivity contribution in [1.82, 2.24) is 9.88 Å². The fraction of sp³-hybridized carbons (Fsp3) is 0.182. The minimum absolute atomic E-state index is 0.0932. The minimum atomic E-state index is -3.71. The molecule has 0 bridgehead atoms. The van der Waals surface area contributed by atoms with E-state index < -0.39 is 10.0 Å². The van der Waals surface area contributed by atoms with Gasteiger partial charge in [-0.15, -0.1) is 0 Å². The van der Waals surface area contributed by atoms with Gasteiger partial charge < -0.3 is 9.80 Å². The molecule has 2 heterocycles. The molecule has 1 aliphatic heterocycles. The Balaban J connectivity index is 1.40. The Morgan fingerprint density at radius 2 is 1.47 bits per heavy atom. The van der Waals surface area contributed by atoms with E-state index in [0.717, 1.165) is 18.8 Å². The lowest BCUT2D eigenvalue weighted by molar-refractivity contribution is 0.0746. The molecule has 30 heavy (non-hydrogen) atoms. The standard InChI is InChI=1S/C22H22N4O3S/c27-22(26-16-14-25(15-17-26)20-10-12-23-13-11-20)18-6-8-21(9-7-18)30(28,29)24-19-4-2-1-3-5-19/h1-13,24H,14-17H2. The minimum Gasteiger partial charge on any atom is -0.368 e. The van der Waals surface area contributed by atoms with Crippen LogP contribution in [0, 0.1) is 0 Å². The van der Waals surface area contributed by atoms with Crippen molar-refractivity contribution >= 4 is 27.3 Å². The number of benzene rings is 2. The van der Waals surface area contributed by atoms with Gasteiger partial charge in [0.25, 0.3) is 15.9 Å². The number of anilines is 2. The molecule has 0 radical (unpaired) electrons. The number of para-hydroxylation sites is 1. The summed E-state index contributed by atoms with van der Waals surface area (Å²) in [5.74, 6) is -0.0932. The molecule has 1 N–H and O–H groups in total. The number of piperazine rings is 1. The van der Waals surface area contributed by atoms with E-state index in [1.165, 1.54) is 12.1 Å². The van der Waals surface area contributed by atoms with Crippen LogP contribution >= 0.6 is 0 Å². The summed E-state index contributed by atoms with van der Waals surface area (Å²) < 4.78 is 27.6. The average molecular weight is 423 g/mol. The number of hydrogen-bond donors (Lipinski definition) is 1. The van der Waals surface area contributed by atoms with Crippen molar-refractivity contribution in [2.75, 3.05) is 35.8 Å². The van der Waals surface area contributed by atoms with Crippen LogP contribution in [0.25, 0.3) is 0 Å². The van der Waals surface area contributed by atoms with Gasteiger partial charge in [-0.2, -0.15) is 0 Å². The quantitative estimate of drug-likeness (QED) is 0.684. The molecular weight excluding hydrogens is 400 g/mol. The molecule has 0 atom stereocenters. The highest BCUT2D eigenvalue weighted by atomic mass is 32.2. The lowest BCUT2D eigenvalue weighted by atomic mass is 10.2. The molecule has 8 heteroatoms. The second-order valence-corrected chi connectivity index (χ2v) is 8.66. The van der Waals surface area contributed by atoms with Gasteiger partial charge in [0.2, 0.25) is 0 Å². The van der Waals surface area contributed by atoms with E-state index in [0.29, 0.717) is 24.3 Å². The summed E-state index contributed by atoms with van der Waals surface area (Å²) in [6.07, 6.45) is 3.52. The number of amides is 1. The van der Waals surface area contributed by atoms with Gasteiger partial charge >= 0.3 is 0 Å². The van der Waals surface area contributed by atoms with Crippen molar-refractivity contribution in [1.29, 1.82) is 0 Å². The predicted molar refractivity (Wildman–Crippen MR) is 116 cm³/mol. The highest BCUT2D eigenvalue weighted by Crippen LogP contribution is 2.19. The molecule has 0 saturated carbocycles. The van der Waals surface area contributed by atoms with Crippen LogP contribution in [0.5, 0.6) is 0 Å². The molecule has 0 spiro atoms. The first-order valence-electron chi connectivity index (χ1n) is 9.65. The lowest BCUT2D eigenvalue weighted by Gasteiger charge is -2.36. The zero-order chi connectivity index (χ0) is 21.0. The maximum absolute atomic E-state index is 12.8. The molecule has 1 amide bonds. The smallest absolute Gasteiger partial charge is 0.261 e. The number of sulfonamides is 1. The first-order valence-corrected chi connectivity index (χ1v) is 11.1. The second-order valence-electron chi connectivity index (χ2n) is 6.98. The van der Waals surface area contributed by atoms with Crippen LogP contribution in [-0.4, -0.2) is 50.4 Å². The molecule has 7 nitrogen and oxygen atoms in total. The first kappa shape index (κ1) is 19.9. The Labute approximate surface area is 176 Å². The van der Waals surface area contributed by atoms with Crippen molar-refractivity contribution in [3.63, 3.8) is 0 Å². The summed E-state index contributed by atoms with van der Waals surface area (Å²) in [4.78, 5) is 21.0. The molecule has 0 unspecified atom stereocenters. The average Bonchev–Trinajstić information content (AvgIpc) is 2.80. The van der Waals surface area contributed by atoms with E-state index >= 15 is 0 Å². The molecule has 3 aromatic rings. The first-order chi connectivity index (χ1) is 14.5. The Bertz CT molecular complexity index is 1100. The molecule has 4 rings (SSSR count). The van der Waals surface area contributed by atoms with Gasteiger partial charge in [0.1, 0.15) is 0 Å². The van der Waals surface area contributed by atoms with Crippen LogP contribution in [0.15, 0.2) is 84.0 Å². The number of rotatable bonds is 5. The lowest BCUT2D eigenvalue weighted by Crippen LogP contribution is -2.48. The Morgan fingerprint density at radius 1 is 0.833 bits per heavy atom. The van der Waals surface area contributed by atoms with Crippen LogP contribution in [0.4, 0.5) is 11.4 Å². The fourth-order valence-electron chi connectivity index (χ4n) is 3.40. The summed E-state index contributed by atoms with van der Waals surface area (Å²) in [5, 5.41) is 0. The number of nitrogens with one attached hydrogen (secondary N) is 1. The normalized spacial score (nSPS) is 14.4. The molecule has 1 aromatic heterocycles. The Hall–Kier alpha value is -3.39. The van der Waals surface area contributed by atoms with Gasteiger partial charge in [-0.3, -0.25) is 14.5 Å². The van der Waals surface area contributed by atoms with Crippen LogP contribution < -0.4 is 9.62 Å². The zero-order valence-electron chi connectivity index (χ0n) is 16.3. The number of carbonyl (C=O) groups is 1. The van der Waals surface area contributed by atoms with Crippen molar-refractivity contribution < 1.29 is 13.2 Å². The number of carbonyl (C=O) groups excluding carboxylic acids is 1. The molecule has 1 aliphatic rings. The van der Waals surface area contributed by atoms with E-state index in [4.69, 9.17) is 0 Å².